The van der Waals surface area contributed by atoms with Gasteiger partial charge in [-0.2, -0.15) is 0 Å². The molecule has 0 bridgehead atoms. The number of rotatable bonds is 4. The van der Waals surface area contributed by atoms with E-state index in [1.807, 2.05) is 0 Å². The van der Waals surface area contributed by atoms with E-state index in [1.165, 1.54) is 36.0 Å². The van der Waals surface area contributed by atoms with Gasteiger partial charge in [-0.1, -0.05) is 29.8 Å². The first-order chi connectivity index (χ1) is 9.81. The van der Waals surface area contributed by atoms with Crippen molar-refractivity contribution in [2.75, 3.05) is 19.6 Å². The van der Waals surface area contributed by atoms with Crippen LogP contribution in [-0.2, 0) is 24.1 Å². The lowest BCUT2D eigenvalue weighted by Gasteiger charge is -2.14. The number of hydrogen-bond acceptors (Lipinski definition) is 2. The molecular weight excluding hydrogens is 248 g/mol. The number of carbonyl (C=O) groups is 1. The molecule has 106 valence electrons. The lowest BCUT2D eigenvalue weighted by Crippen LogP contribution is -2.30. The Morgan fingerprint density at radius 2 is 2.10 bits per heavy atom. The molecule has 3 nitrogen and oxygen atoms in total. The SMILES string of the molecule is O=C(Cc1ccc2c(c1)CCC2)NCC1=CCNCC1. The van der Waals surface area contributed by atoms with E-state index in [-0.39, 0.29) is 5.91 Å². The number of benzene rings is 1. The molecule has 20 heavy (non-hydrogen) atoms. The van der Waals surface area contributed by atoms with Gasteiger partial charge in [0.2, 0.25) is 5.91 Å². The Balaban J connectivity index is 1.52. The zero-order chi connectivity index (χ0) is 13.8. The lowest BCUT2D eigenvalue weighted by atomic mass is 10.0. The van der Waals surface area contributed by atoms with E-state index >= 15 is 0 Å². The topological polar surface area (TPSA) is 41.1 Å². The molecule has 0 radical (unpaired) electrons. The molecule has 0 fully saturated rings. The largest absolute Gasteiger partial charge is 0.352 e. The van der Waals surface area contributed by atoms with Crippen molar-refractivity contribution in [2.24, 2.45) is 0 Å². The summed E-state index contributed by atoms with van der Waals surface area (Å²) < 4.78 is 0. The second-order valence-electron chi connectivity index (χ2n) is 5.73. The van der Waals surface area contributed by atoms with Crippen LogP contribution in [0.5, 0.6) is 0 Å². The smallest absolute Gasteiger partial charge is 0.224 e. The van der Waals surface area contributed by atoms with Crippen LogP contribution in [0, 0.1) is 0 Å². The molecular formula is C17H22N2O. The van der Waals surface area contributed by atoms with Gasteiger partial charge >= 0.3 is 0 Å². The molecule has 1 amide bonds. The van der Waals surface area contributed by atoms with Gasteiger partial charge in [0.15, 0.2) is 0 Å². The van der Waals surface area contributed by atoms with E-state index in [1.54, 1.807) is 0 Å². The average molecular weight is 270 g/mol. The van der Waals surface area contributed by atoms with E-state index in [0.717, 1.165) is 25.1 Å². The first-order valence-electron chi connectivity index (χ1n) is 7.57. The maximum Gasteiger partial charge on any atom is 0.224 e. The Kier molecular flexibility index (Phi) is 4.16. The maximum atomic E-state index is 12.0. The van der Waals surface area contributed by atoms with Crippen LogP contribution in [0.4, 0.5) is 0 Å². The summed E-state index contributed by atoms with van der Waals surface area (Å²) in [6, 6.07) is 6.51. The fourth-order valence-electron chi connectivity index (χ4n) is 3.03. The highest BCUT2D eigenvalue weighted by Crippen LogP contribution is 2.22. The van der Waals surface area contributed by atoms with Crippen molar-refractivity contribution in [1.82, 2.24) is 10.6 Å². The van der Waals surface area contributed by atoms with Crippen LogP contribution >= 0.6 is 0 Å². The van der Waals surface area contributed by atoms with Crippen molar-refractivity contribution in [3.63, 3.8) is 0 Å². The second kappa shape index (κ2) is 6.23. The van der Waals surface area contributed by atoms with Crippen molar-refractivity contribution in [3.8, 4) is 0 Å². The van der Waals surface area contributed by atoms with Gasteiger partial charge in [-0.25, -0.2) is 0 Å². The van der Waals surface area contributed by atoms with Crippen LogP contribution in [0.2, 0.25) is 0 Å². The van der Waals surface area contributed by atoms with Gasteiger partial charge in [0.1, 0.15) is 0 Å². The normalized spacial score (nSPS) is 17.5. The standard InChI is InChI=1S/C17H22N2O/c20-17(19-12-13-6-8-18-9-7-13)11-14-4-5-15-2-1-3-16(15)10-14/h4-6,10,18H,1-3,7-9,11-12H2,(H,19,20). The summed E-state index contributed by atoms with van der Waals surface area (Å²) >= 11 is 0. The molecule has 3 heteroatoms. The van der Waals surface area contributed by atoms with Crippen LogP contribution in [-0.4, -0.2) is 25.5 Å². The zero-order valence-corrected chi connectivity index (χ0v) is 11.9. The van der Waals surface area contributed by atoms with Crippen LogP contribution < -0.4 is 10.6 Å². The quantitative estimate of drug-likeness (QED) is 0.819. The monoisotopic (exact) mass is 270 g/mol. The molecule has 0 unspecified atom stereocenters. The molecule has 0 spiro atoms. The molecule has 0 atom stereocenters. The fourth-order valence-corrected chi connectivity index (χ4v) is 3.03. The molecule has 1 aliphatic heterocycles. The average Bonchev–Trinajstić information content (AvgIpc) is 2.94. The maximum absolute atomic E-state index is 12.0. The van der Waals surface area contributed by atoms with Gasteiger partial charge in [0, 0.05) is 13.1 Å². The Labute approximate surface area is 120 Å². The summed E-state index contributed by atoms with van der Waals surface area (Å²) in [5.41, 5.74) is 5.39. The van der Waals surface area contributed by atoms with Crippen LogP contribution in [0.3, 0.4) is 0 Å². The third-order valence-electron chi connectivity index (χ3n) is 4.20. The van der Waals surface area contributed by atoms with Crippen LogP contribution in [0.1, 0.15) is 29.5 Å². The molecule has 1 aromatic carbocycles. The first-order valence-corrected chi connectivity index (χ1v) is 7.57. The summed E-state index contributed by atoms with van der Waals surface area (Å²) in [5.74, 6) is 0.127. The van der Waals surface area contributed by atoms with E-state index in [0.29, 0.717) is 13.0 Å². The van der Waals surface area contributed by atoms with E-state index < -0.39 is 0 Å². The van der Waals surface area contributed by atoms with Gasteiger partial charge in [-0.3, -0.25) is 4.79 Å². The number of carbonyl (C=O) groups excluding carboxylic acids is 1. The summed E-state index contributed by atoms with van der Waals surface area (Å²) in [4.78, 5) is 12.0. The van der Waals surface area contributed by atoms with Gasteiger partial charge in [-0.15, -0.1) is 0 Å². The minimum absolute atomic E-state index is 0.127. The van der Waals surface area contributed by atoms with Gasteiger partial charge < -0.3 is 10.6 Å². The van der Waals surface area contributed by atoms with Crippen molar-refractivity contribution >= 4 is 5.91 Å². The fraction of sp³-hybridized carbons (Fsp3) is 0.471. The number of amides is 1. The van der Waals surface area contributed by atoms with Crippen LogP contribution in [0.25, 0.3) is 0 Å². The minimum Gasteiger partial charge on any atom is -0.352 e. The van der Waals surface area contributed by atoms with Crippen molar-refractivity contribution in [1.29, 1.82) is 0 Å². The molecule has 3 rings (SSSR count). The van der Waals surface area contributed by atoms with Crippen molar-refractivity contribution in [2.45, 2.75) is 32.1 Å². The molecule has 0 aromatic heterocycles. The summed E-state index contributed by atoms with van der Waals surface area (Å²) in [6.07, 6.45) is 7.35. The van der Waals surface area contributed by atoms with E-state index in [2.05, 4.69) is 34.9 Å². The Morgan fingerprint density at radius 1 is 1.20 bits per heavy atom. The molecule has 2 aliphatic rings. The first kappa shape index (κ1) is 13.4. The summed E-state index contributed by atoms with van der Waals surface area (Å²) in [5, 5.41) is 6.31. The van der Waals surface area contributed by atoms with Crippen molar-refractivity contribution in [3.05, 3.63) is 46.5 Å². The van der Waals surface area contributed by atoms with Crippen molar-refractivity contribution < 1.29 is 4.79 Å². The zero-order valence-electron chi connectivity index (χ0n) is 11.9. The highest BCUT2D eigenvalue weighted by Gasteiger charge is 2.12. The van der Waals surface area contributed by atoms with E-state index in [9.17, 15) is 4.79 Å². The number of aryl methyl sites for hydroxylation is 2. The van der Waals surface area contributed by atoms with Gasteiger partial charge in [0.25, 0.3) is 0 Å². The van der Waals surface area contributed by atoms with Gasteiger partial charge in [-0.05, 0) is 48.9 Å². The minimum atomic E-state index is 0.127. The lowest BCUT2D eigenvalue weighted by molar-refractivity contribution is -0.120. The highest BCUT2D eigenvalue weighted by atomic mass is 16.1. The number of nitrogens with one attached hydrogen (secondary N) is 2. The molecule has 2 N–H and O–H groups in total. The van der Waals surface area contributed by atoms with E-state index in [4.69, 9.17) is 0 Å². The Hall–Kier alpha value is -1.61. The molecule has 0 saturated heterocycles. The predicted molar refractivity (Wildman–Crippen MR) is 80.8 cm³/mol. The molecule has 0 saturated carbocycles. The highest BCUT2D eigenvalue weighted by molar-refractivity contribution is 5.78. The second-order valence-corrected chi connectivity index (χ2v) is 5.73. The Morgan fingerprint density at radius 3 is 2.95 bits per heavy atom. The predicted octanol–water partition coefficient (Wildman–Crippen LogP) is 1.75. The molecule has 1 heterocycles. The number of hydrogen-bond donors (Lipinski definition) is 2. The summed E-state index contributed by atoms with van der Waals surface area (Å²) in [7, 11) is 0. The third kappa shape index (κ3) is 3.28. The molecule has 1 aromatic rings. The summed E-state index contributed by atoms with van der Waals surface area (Å²) in [6.45, 7) is 2.65. The van der Waals surface area contributed by atoms with Gasteiger partial charge in [0.05, 0.1) is 6.42 Å². The number of fused-ring (bicyclic) bond motifs is 1. The molecule has 1 aliphatic carbocycles. The van der Waals surface area contributed by atoms with Crippen LogP contribution in [0.15, 0.2) is 29.8 Å². The third-order valence-corrected chi connectivity index (χ3v) is 4.20. The Bertz CT molecular complexity index is 534.